The first-order chi connectivity index (χ1) is 8.72. The summed E-state index contributed by atoms with van der Waals surface area (Å²) in [7, 11) is 0. The molecule has 0 aliphatic carbocycles. The fourth-order valence-electron chi connectivity index (χ4n) is 2.13. The molecule has 1 amide bonds. The van der Waals surface area contributed by atoms with Gasteiger partial charge in [-0.2, -0.15) is 0 Å². The van der Waals surface area contributed by atoms with Crippen molar-refractivity contribution in [3.63, 3.8) is 0 Å². The molecule has 104 valence electrons. The minimum atomic E-state index is -0.255. The van der Waals surface area contributed by atoms with Crippen LogP contribution in [-0.2, 0) is 14.3 Å². The van der Waals surface area contributed by atoms with Crippen molar-refractivity contribution >= 4 is 11.9 Å². The molecule has 2 N–H and O–H groups in total. The first-order valence-electron chi connectivity index (χ1n) is 6.85. The highest BCUT2D eigenvalue weighted by Gasteiger charge is 2.14. The van der Waals surface area contributed by atoms with Crippen molar-refractivity contribution in [2.24, 2.45) is 5.92 Å². The third kappa shape index (κ3) is 6.59. The minimum Gasteiger partial charge on any atom is -0.466 e. The monoisotopic (exact) mass is 256 g/mol. The average Bonchev–Trinajstić information content (AvgIpc) is 2.38. The highest BCUT2D eigenvalue weighted by Crippen LogP contribution is 2.15. The van der Waals surface area contributed by atoms with Crippen molar-refractivity contribution in [3.8, 4) is 0 Å². The van der Waals surface area contributed by atoms with Crippen molar-refractivity contribution < 1.29 is 14.3 Å². The van der Waals surface area contributed by atoms with E-state index in [0.717, 1.165) is 19.5 Å². The number of ether oxygens (including phenoxy) is 1. The molecule has 0 spiro atoms. The summed E-state index contributed by atoms with van der Waals surface area (Å²) in [6, 6.07) is 0. The van der Waals surface area contributed by atoms with Gasteiger partial charge in [-0.25, -0.2) is 0 Å². The maximum absolute atomic E-state index is 11.5. The first-order valence-corrected chi connectivity index (χ1v) is 6.85. The third-order valence-corrected chi connectivity index (χ3v) is 3.14. The smallest absolute Gasteiger partial charge is 0.307 e. The number of hydrogen-bond acceptors (Lipinski definition) is 4. The molecule has 0 bridgehead atoms. The van der Waals surface area contributed by atoms with Crippen LogP contribution in [0.1, 0.15) is 39.0 Å². The quantitative estimate of drug-likeness (QED) is 0.662. The molecule has 1 aliphatic heterocycles. The van der Waals surface area contributed by atoms with Gasteiger partial charge in [0.1, 0.15) is 0 Å². The molecule has 1 unspecified atom stereocenters. The van der Waals surface area contributed by atoms with Crippen LogP contribution in [0.5, 0.6) is 0 Å². The Balaban J connectivity index is 2.01. The predicted molar refractivity (Wildman–Crippen MR) is 69.1 cm³/mol. The lowest BCUT2D eigenvalue weighted by atomic mass is 9.94. The molecule has 0 radical (unpaired) electrons. The molecule has 1 fully saturated rings. The standard InChI is InChI=1S/C13H24N2O3/c1-2-18-13(17)7-9-15-12(16)6-5-11-4-3-8-14-10-11/h11,14H,2-10H2,1H3,(H,15,16). The van der Waals surface area contributed by atoms with Crippen molar-refractivity contribution in [2.45, 2.75) is 39.0 Å². The molecule has 18 heavy (non-hydrogen) atoms. The van der Waals surface area contributed by atoms with Crippen LogP contribution in [0.25, 0.3) is 0 Å². The normalized spacial score (nSPS) is 19.3. The van der Waals surface area contributed by atoms with E-state index in [9.17, 15) is 9.59 Å². The zero-order chi connectivity index (χ0) is 13.2. The molecule has 0 aromatic carbocycles. The average molecular weight is 256 g/mol. The van der Waals surface area contributed by atoms with Gasteiger partial charge in [0.2, 0.25) is 5.91 Å². The number of carbonyl (C=O) groups excluding carboxylic acids is 2. The van der Waals surface area contributed by atoms with Gasteiger partial charge >= 0.3 is 5.97 Å². The Morgan fingerprint density at radius 3 is 2.89 bits per heavy atom. The number of carbonyl (C=O) groups is 2. The number of amides is 1. The van der Waals surface area contributed by atoms with Gasteiger partial charge < -0.3 is 15.4 Å². The molecular formula is C13H24N2O3. The molecule has 0 aromatic heterocycles. The fourth-order valence-corrected chi connectivity index (χ4v) is 2.13. The first kappa shape index (κ1) is 15.0. The fraction of sp³-hybridized carbons (Fsp3) is 0.846. The molecule has 1 rings (SSSR count). The summed E-state index contributed by atoms with van der Waals surface area (Å²) in [5.74, 6) is 0.397. The van der Waals surface area contributed by atoms with Crippen LogP contribution in [-0.4, -0.2) is 38.1 Å². The van der Waals surface area contributed by atoms with E-state index in [0.29, 0.717) is 25.5 Å². The highest BCUT2D eigenvalue weighted by atomic mass is 16.5. The molecule has 1 heterocycles. The van der Waals surface area contributed by atoms with Crippen LogP contribution >= 0.6 is 0 Å². The largest absolute Gasteiger partial charge is 0.466 e. The number of rotatable bonds is 7. The number of nitrogens with one attached hydrogen (secondary N) is 2. The molecule has 5 nitrogen and oxygen atoms in total. The van der Waals surface area contributed by atoms with Gasteiger partial charge in [-0.05, 0) is 45.2 Å². The molecular weight excluding hydrogens is 232 g/mol. The predicted octanol–water partition coefficient (Wildman–Crippen LogP) is 0.836. The van der Waals surface area contributed by atoms with Crippen molar-refractivity contribution in [2.75, 3.05) is 26.2 Å². The lowest BCUT2D eigenvalue weighted by Crippen LogP contribution is -2.31. The van der Waals surface area contributed by atoms with E-state index in [4.69, 9.17) is 4.74 Å². The molecule has 1 saturated heterocycles. The molecule has 1 aliphatic rings. The Morgan fingerprint density at radius 2 is 2.22 bits per heavy atom. The Labute approximate surface area is 109 Å². The molecule has 5 heteroatoms. The van der Waals surface area contributed by atoms with Gasteiger partial charge in [0, 0.05) is 13.0 Å². The summed E-state index contributed by atoms with van der Waals surface area (Å²) in [5, 5.41) is 6.09. The lowest BCUT2D eigenvalue weighted by Gasteiger charge is -2.22. The van der Waals surface area contributed by atoms with Gasteiger partial charge in [0.25, 0.3) is 0 Å². The minimum absolute atomic E-state index is 0.0323. The van der Waals surface area contributed by atoms with E-state index in [1.165, 1.54) is 12.8 Å². The van der Waals surface area contributed by atoms with E-state index in [2.05, 4.69) is 10.6 Å². The van der Waals surface area contributed by atoms with Gasteiger partial charge in [-0.3, -0.25) is 9.59 Å². The molecule has 0 saturated carbocycles. The second-order valence-corrected chi connectivity index (χ2v) is 4.66. The van der Waals surface area contributed by atoms with E-state index < -0.39 is 0 Å². The Bertz CT molecular complexity index is 263. The number of esters is 1. The van der Waals surface area contributed by atoms with Crippen LogP contribution in [0.4, 0.5) is 0 Å². The number of hydrogen-bond donors (Lipinski definition) is 2. The highest BCUT2D eigenvalue weighted by molar-refractivity contribution is 5.77. The van der Waals surface area contributed by atoms with Crippen LogP contribution in [0.3, 0.4) is 0 Å². The third-order valence-electron chi connectivity index (χ3n) is 3.14. The topological polar surface area (TPSA) is 67.4 Å². The van der Waals surface area contributed by atoms with Gasteiger partial charge in [-0.15, -0.1) is 0 Å². The summed E-state index contributed by atoms with van der Waals surface area (Å²) in [4.78, 5) is 22.6. The van der Waals surface area contributed by atoms with Crippen LogP contribution < -0.4 is 10.6 Å². The molecule has 1 atom stereocenters. The summed E-state index contributed by atoms with van der Waals surface area (Å²) in [6.07, 6.45) is 4.15. The second kappa shape index (κ2) is 8.91. The Hall–Kier alpha value is -1.10. The summed E-state index contributed by atoms with van der Waals surface area (Å²) < 4.78 is 4.78. The zero-order valence-corrected chi connectivity index (χ0v) is 11.2. The van der Waals surface area contributed by atoms with Crippen molar-refractivity contribution in [1.82, 2.24) is 10.6 Å². The Kier molecular flexibility index (Phi) is 7.41. The SMILES string of the molecule is CCOC(=O)CCNC(=O)CCC1CCCNC1. The van der Waals surface area contributed by atoms with E-state index in [1.54, 1.807) is 6.92 Å². The molecule has 0 aromatic rings. The maximum atomic E-state index is 11.5. The van der Waals surface area contributed by atoms with Crippen LogP contribution in [0.15, 0.2) is 0 Å². The van der Waals surface area contributed by atoms with Crippen molar-refractivity contribution in [1.29, 1.82) is 0 Å². The zero-order valence-electron chi connectivity index (χ0n) is 11.2. The van der Waals surface area contributed by atoms with E-state index in [1.807, 2.05) is 0 Å². The summed E-state index contributed by atoms with van der Waals surface area (Å²) in [5.41, 5.74) is 0. The Morgan fingerprint density at radius 1 is 1.39 bits per heavy atom. The summed E-state index contributed by atoms with van der Waals surface area (Å²) in [6.45, 7) is 4.66. The van der Waals surface area contributed by atoms with E-state index >= 15 is 0 Å². The summed E-state index contributed by atoms with van der Waals surface area (Å²) >= 11 is 0. The van der Waals surface area contributed by atoms with Crippen LogP contribution in [0.2, 0.25) is 0 Å². The lowest BCUT2D eigenvalue weighted by molar-refractivity contribution is -0.143. The second-order valence-electron chi connectivity index (χ2n) is 4.66. The van der Waals surface area contributed by atoms with Gasteiger partial charge in [-0.1, -0.05) is 0 Å². The van der Waals surface area contributed by atoms with Crippen LogP contribution in [0, 0.1) is 5.92 Å². The van der Waals surface area contributed by atoms with Gasteiger partial charge in [0.05, 0.1) is 13.0 Å². The van der Waals surface area contributed by atoms with Gasteiger partial charge in [0.15, 0.2) is 0 Å². The maximum Gasteiger partial charge on any atom is 0.307 e. The van der Waals surface area contributed by atoms with Crippen molar-refractivity contribution in [3.05, 3.63) is 0 Å². The van der Waals surface area contributed by atoms with E-state index in [-0.39, 0.29) is 18.3 Å². The number of piperidine rings is 1.